The molecule has 0 radical (unpaired) electrons. The van der Waals surface area contributed by atoms with E-state index >= 15 is 0 Å². The molecule has 0 saturated carbocycles. The van der Waals surface area contributed by atoms with Crippen LogP contribution in [0.4, 0.5) is 0 Å². The number of rotatable bonds is 2. The van der Waals surface area contributed by atoms with Crippen molar-refractivity contribution in [3.05, 3.63) is 11.6 Å². The third-order valence-corrected chi connectivity index (χ3v) is 2.63. The van der Waals surface area contributed by atoms with Gasteiger partial charge >= 0.3 is 0 Å². The lowest BCUT2D eigenvalue weighted by Crippen LogP contribution is -2.36. The fourth-order valence-electron chi connectivity index (χ4n) is 1.64. The summed E-state index contributed by atoms with van der Waals surface area (Å²) in [5.74, 6) is 0. The Balaban J connectivity index is 2.64. The van der Waals surface area contributed by atoms with Crippen molar-refractivity contribution in [1.82, 2.24) is 0 Å². The summed E-state index contributed by atoms with van der Waals surface area (Å²) in [5, 5.41) is 9.88. The monoisotopic (exact) mass is 169 g/mol. The average Bonchev–Trinajstić information content (AvgIpc) is 2.32. The minimum Gasteiger partial charge on any atom is -0.384 e. The Morgan fingerprint density at radius 3 is 2.92 bits per heavy atom. The molecule has 0 aromatic carbocycles. The quantitative estimate of drug-likeness (QED) is 0.617. The molecule has 0 aliphatic heterocycles. The molecule has 0 bridgehead atoms. The Bertz CT molecular complexity index is 173. The van der Waals surface area contributed by atoms with Gasteiger partial charge in [0.15, 0.2) is 0 Å². The van der Waals surface area contributed by atoms with Crippen molar-refractivity contribution >= 4 is 0 Å². The van der Waals surface area contributed by atoms with E-state index in [0.717, 1.165) is 18.4 Å². The van der Waals surface area contributed by atoms with Crippen molar-refractivity contribution in [2.45, 2.75) is 44.6 Å². The summed E-state index contributed by atoms with van der Waals surface area (Å²) >= 11 is 0. The Labute approximate surface area is 74.5 Å². The first kappa shape index (κ1) is 9.75. The van der Waals surface area contributed by atoms with Gasteiger partial charge in [-0.3, -0.25) is 0 Å². The zero-order valence-corrected chi connectivity index (χ0v) is 7.84. The maximum atomic E-state index is 9.88. The van der Waals surface area contributed by atoms with Crippen LogP contribution < -0.4 is 5.73 Å². The second-order valence-electron chi connectivity index (χ2n) is 3.81. The molecular weight excluding hydrogens is 150 g/mol. The molecule has 70 valence electrons. The highest BCUT2D eigenvalue weighted by Gasteiger charge is 2.23. The molecule has 1 aliphatic rings. The largest absolute Gasteiger partial charge is 0.384 e. The molecule has 0 spiro atoms. The summed E-state index contributed by atoms with van der Waals surface area (Å²) in [4.78, 5) is 0. The van der Waals surface area contributed by atoms with Gasteiger partial charge in [-0.05, 0) is 38.2 Å². The van der Waals surface area contributed by atoms with Crippen LogP contribution in [0.1, 0.15) is 39.0 Å². The Kier molecular flexibility index (Phi) is 3.29. The zero-order chi connectivity index (χ0) is 9.03. The van der Waals surface area contributed by atoms with Crippen LogP contribution in [0.2, 0.25) is 0 Å². The summed E-state index contributed by atoms with van der Waals surface area (Å²) in [5.41, 5.74) is 5.88. The van der Waals surface area contributed by atoms with Crippen molar-refractivity contribution in [1.29, 1.82) is 0 Å². The van der Waals surface area contributed by atoms with Crippen LogP contribution >= 0.6 is 0 Å². The van der Waals surface area contributed by atoms with E-state index in [2.05, 4.69) is 6.08 Å². The van der Waals surface area contributed by atoms with Gasteiger partial charge in [-0.15, -0.1) is 0 Å². The molecule has 2 nitrogen and oxygen atoms in total. The van der Waals surface area contributed by atoms with Gasteiger partial charge in [-0.25, -0.2) is 0 Å². The molecule has 0 amide bonds. The molecule has 1 unspecified atom stereocenters. The van der Waals surface area contributed by atoms with Crippen molar-refractivity contribution in [3.63, 3.8) is 0 Å². The topological polar surface area (TPSA) is 46.2 Å². The van der Waals surface area contributed by atoms with Gasteiger partial charge in [0.25, 0.3) is 0 Å². The Morgan fingerprint density at radius 2 is 2.25 bits per heavy atom. The maximum absolute atomic E-state index is 9.88. The van der Waals surface area contributed by atoms with E-state index in [9.17, 15) is 5.11 Å². The first-order chi connectivity index (χ1) is 5.67. The molecule has 1 aliphatic carbocycles. The summed E-state index contributed by atoms with van der Waals surface area (Å²) < 4.78 is 0. The standard InChI is InChI=1S/C10H19NO/c1-10(12,8-11)9-6-4-2-3-5-7-9/h6,12H,2-5,7-8,11H2,1H3. The van der Waals surface area contributed by atoms with Crippen LogP contribution in [-0.4, -0.2) is 17.3 Å². The molecule has 12 heavy (non-hydrogen) atoms. The van der Waals surface area contributed by atoms with Crippen molar-refractivity contribution in [2.75, 3.05) is 6.54 Å². The van der Waals surface area contributed by atoms with E-state index in [1.165, 1.54) is 19.3 Å². The predicted molar refractivity (Wildman–Crippen MR) is 50.8 cm³/mol. The highest BCUT2D eigenvalue weighted by atomic mass is 16.3. The van der Waals surface area contributed by atoms with Crippen LogP contribution in [0.3, 0.4) is 0 Å². The normalized spacial score (nSPS) is 24.1. The highest BCUT2D eigenvalue weighted by molar-refractivity contribution is 5.16. The van der Waals surface area contributed by atoms with Crippen LogP contribution in [-0.2, 0) is 0 Å². The van der Waals surface area contributed by atoms with E-state index in [-0.39, 0.29) is 0 Å². The first-order valence-corrected chi connectivity index (χ1v) is 4.79. The van der Waals surface area contributed by atoms with E-state index in [0.29, 0.717) is 6.54 Å². The molecular formula is C10H19NO. The fourth-order valence-corrected chi connectivity index (χ4v) is 1.64. The lowest BCUT2D eigenvalue weighted by Gasteiger charge is -2.24. The van der Waals surface area contributed by atoms with E-state index < -0.39 is 5.60 Å². The second-order valence-corrected chi connectivity index (χ2v) is 3.81. The summed E-state index contributed by atoms with van der Waals surface area (Å²) in [6.45, 7) is 2.14. The molecule has 1 rings (SSSR count). The van der Waals surface area contributed by atoms with Gasteiger partial charge in [-0.2, -0.15) is 0 Å². The minimum absolute atomic E-state index is 0.332. The SMILES string of the molecule is CC(O)(CN)C1=CCCCCC1. The zero-order valence-electron chi connectivity index (χ0n) is 7.84. The van der Waals surface area contributed by atoms with Crippen LogP contribution in [0, 0.1) is 0 Å². The lowest BCUT2D eigenvalue weighted by molar-refractivity contribution is 0.104. The molecule has 0 saturated heterocycles. The lowest BCUT2D eigenvalue weighted by atomic mass is 9.92. The van der Waals surface area contributed by atoms with Gasteiger partial charge in [-0.1, -0.05) is 12.5 Å². The predicted octanol–water partition coefficient (Wildman–Crippen LogP) is 1.59. The van der Waals surface area contributed by atoms with Crippen LogP contribution in [0.5, 0.6) is 0 Å². The van der Waals surface area contributed by atoms with Gasteiger partial charge in [0.05, 0.1) is 5.60 Å². The molecule has 0 aromatic heterocycles. The number of aliphatic hydroxyl groups is 1. The smallest absolute Gasteiger partial charge is 0.0950 e. The van der Waals surface area contributed by atoms with Gasteiger partial charge < -0.3 is 10.8 Å². The molecule has 3 N–H and O–H groups in total. The summed E-state index contributed by atoms with van der Waals surface area (Å²) in [6, 6.07) is 0. The number of allylic oxidation sites excluding steroid dienone is 1. The summed E-state index contributed by atoms with van der Waals surface area (Å²) in [6.07, 6.45) is 8.02. The van der Waals surface area contributed by atoms with E-state index in [1.807, 2.05) is 6.92 Å². The summed E-state index contributed by atoms with van der Waals surface area (Å²) in [7, 11) is 0. The van der Waals surface area contributed by atoms with Crippen molar-refractivity contribution in [2.24, 2.45) is 5.73 Å². The molecule has 0 aromatic rings. The molecule has 0 heterocycles. The van der Waals surface area contributed by atoms with Gasteiger partial charge in [0, 0.05) is 6.54 Å². The molecule has 2 heteroatoms. The third-order valence-electron chi connectivity index (χ3n) is 2.63. The minimum atomic E-state index is -0.760. The van der Waals surface area contributed by atoms with Crippen LogP contribution in [0.25, 0.3) is 0 Å². The first-order valence-electron chi connectivity index (χ1n) is 4.79. The van der Waals surface area contributed by atoms with Gasteiger partial charge in [0.1, 0.15) is 0 Å². The maximum Gasteiger partial charge on any atom is 0.0950 e. The highest BCUT2D eigenvalue weighted by Crippen LogP contribution is 2.25. The van der Waals surface area contributed by atoms with Gasteiger partial charge in [0.2, 0.25) is 0 Å². The number of hydrogen-bond donors (Lipinski definition) is 2. The van der Waals surface area contributed by atoms with E-state index in [1.54, 1.807) is 0 Å². The van der Waals surface area contributed by atoms with Crippen molar-refractivity contribution in [3.8, 4) is 0 Å². The Morgan fingerprint density at radius 1 is 1.50 bits per heavy atom. The number of nitrogens with two attached hydrogens (primary N) is 1. The number of hydrogen-bond acceptors (Lipinski definition) is 2. The second kappa shape index (κ2) is 4.06. The van der Waals surface area contributed by atoms with E-state index in [4.69, 9.17) is 5.73 Å². The molecule has 0 fully saturated rings. The van der Waals surface area contributed by atoms with Crippen LogP contribution in [0.15, 0.2) is 11.6 Å². The molecule has 1 atom stereocenters. The Hall–Kier alpha value is -0.340. The fraction of sp³-hybridized carbons (Fsp3) is 0.800. The van der Waals surface area contributed by atoms with Crippen molar-refractivity contribution < 1.29 is 5.11 Å². The third kappa shape index (κ3) is 2.32. The average molecular weight is 169 g/mol.